The Kier molecular flexibility index (Phi) is 6.13. The highest BCUT2D eigenvalue weighted by Crippen LogP contribution is 2.27. The van der Waals surface area contributed by atoms with Gasteiger partial charge in [0.1, 0.15) is 24.0 Å². The summed E-state index contributed by atoms with van der Waals surface area (Å²) in [5, 5.41) is 11.7. The molecule has 6 nitrogen and oxygen atoms in total. The number of halogens is 1. The van der Waals surface area contributed by atoms with Gasteiger partial charge in [0.25, 0.3) is 0 Å². The molecule has 2 rings (SSSR count). The van der Waals surface area contributed by atoms with Crippen molar-refractivity contribution in [1.82, 2.24) is 5.32 Å². The van der Waals surface area contributed by atoms with Crippen molar-refractivity contribution in [1.29, 1.82) is 5.26 Å². The highest BCUT2D eigenvalue weighted by atomic mass is 19.1. The smallest absolute Gasteiger partial charge is 0.325 e. The Hall–Kier alpha value is -2.62. The maximum atomic E-state index is 13.7. The van der Waals surface area contributed by atoms with Crippen LogP contribution in [0.1, 0.15) is 25.3 Å². The number of amides is 1. The molecule has 1 aliphatic heterocycles. The molecule has 0 aliphatic carbocycles. The van der Waals surface area contributed by atoms with Crippen molar-refractivity contribution in [3.8, 4) is 6.07 Å². The van der Waals surface area contributed by atoms with E-state index in [1.54, 1.807) is 19.1 Å². The lowest BCUT2D eigenvalue weighted by molar-refractivity contribution is -0.143. The minimum Gasteiger partial charge on any atom is -0.465 e. The van der Waals surface area contributed by atoms with E-state index in [1.165, 1.54) is 6.07 Å². The predicted molar refractivity (Wildman–Crippen MR) is 85.7 cm³/mol. The fourth-order valence-electron chi connectivity index (χ4n) is 2.79. The standard InChI is InChI=1S/C17H20FN3O3/c1-2-24-16(22)11-20-17(23)12-6-8-21(9-7-12)15-5-3-4-14(18)13(15)10-19/h3-5,12H,2,6-9,11H2,1H3,(H,20,23). The van der Waals surface area contributed by atoms with Gasteiger partial charge < -0.3 is 15.0 Å². The molecule has 128 valence electrons. The zero-order chi connectivity index (χ0) is 17.5. The van der Waals surface area contributed by atoms with Gasteiger partial charge in [-0.15, -0.1) is 0 Å². The van der Waals surface area contributed by atoms with Gasteiger partial charge in [-0.25, -0.2) is 4.39 Å². The number of rotatable bonds is 5. The first-order chi connectivity index (χ1) is 11.6. The van der Waals surface area contributed by atoms with Crippen LogP contribution in [0.2, 0.25) is 0 Å². The molecule has 0 aromatic heterocycles. The van der Waals surface area contributed by atoms with Crippen LogP contribution in [-0.2, 0) is 14.3 Å². The molecular formula is C17H20FN3O3. The van der Waals surface area contributed by atoms with Gasteiger partial charge in [0.15, 0.2) is 0 Å². The minimum atomic E-state index is -0.538. The topological polar surface area (TPSA) is 82.4 Å². The molecule has 0 saturated carbocycles. The number of hydrogen-bond acceptors (Lipinski definition) is 5. The quantitative estimate of drug-likeness (QED) is 0.828. The second kappa shape index (κ2) is 8.29. The number of esters is 1. The minimum absolute atomic E-state index is 0.0303. The summed E-state index contributed by atoms with van der Waals surface area (Å²) < 4.78 is 18.5. The third-order valence-electron chi connectivity index (χ3n) is 4.02. The SMILES string of the molecule is CCOC(=O)CNC(=O)C1CCN(c2cccc(F)c2C#N)CC1. The first kappa shape index (κ1) is 17.7. The second-order valence-corrected chi connectivity index (χ2v) is 5.53. The third kappa shape index (κ3) is 4.22. The summed E-state index contributed by atoms with van der Waals surface area (Å²) in [5.41, 5.74) is 0.589. The van der Waals surface area contributed by atoms with Crippen LogP contribution >= 0.6 is 0 Å². The van der Waals surface area contributed by atoms with E-state index < -0.39 is 11.8 Å². The van der Waals surface area contributed by atoms with Crippen molar-refractivity contribution < 1.29 is 18.7 Å². The predicted octanol–water partition coefficient (Wildman–Crippen LogP) is 1.59. The maximum absolute atomic E-state index is 13.7. The summed E-state index contributed by atoms with van der Waals surface area (Å²) in [4.78, 5) is 25.2. The van der Waals surface area contributed by atoms with E-state index in [9.17, 15) is 14.0 Å². The summed E-state index contributed by atoms with van der Waals surface area (Å²) in [7, 11) is 0. The largest absolute Gasteiger partial charge is 0.465 e. The van der Waals surface area contributed by atoms with Gasteiger partial charge in [-0.2, -0.15) is 5.26 Å². The van der Waals surface area contributed by atoms with Crippen LogP contribution in [-0.4, -0.2) is 38.1 Å². The fraction of sp³-hybridized carbons (Fsp3) is 0.471. The molecule has 0 unspecified atom stereocenters. The molecule has 24 heavy (non-hydrogen) atoms. The normalized spacial score (nSPS) is 14.8. The molecule has 7 heteroatoms. The monoisotopic (exact) mass is 333 g/mol. The first-order valence-electron chi connectivity index (χ1n) is 7.93. The molecular weight excluding hydrogens is 313 g/mol. The van der Waals surface area contributed by atoms with Gasteiger partial charge in [-0.1, -0.05) is 6.07 Å². The summed E-state index contributed by atoms with van der Waals surface area (Å²) in [6.07, 6.45) is 1.16. The zero-order valence-electron chi connectivity index (χ0n) is 13.5. The fourth-order valence-corrected chi connectivity index (χ4v) is 2.79. The molecule has 0 bridgehead atoms. The molecule has 0 atom stereocenters. The number of hydrogen-bond donors (Lipinski definition) is 1. The van der Waals surface area contributed by atoms with E-state index >= 15 is 0 Å². The van der Waals surface area contributed by atoms with Crippen LogP contribution in [0, 0.1) is 23.1 Å². The number of carbonyl (C=O) groups is 2. The van der Waals surface area contributed by atoms with Crippen LogP contribution in [0.4, 0.5) is 10.1 Å². The maximum Gasteiger partial charge on any atom is 0.325 e. The molecule has 0 radical (unpaired) electrons. The van der Waals surface area contributed by atoms with Gasteiger partial charge >= 0.3 is 5.97 Å². The van der Waals surface area contributed by atoms with Crippen LogP contribution in [0.5, 0.6) is 0 Å². The Balaban J connectivity index is 1.90. The van der Waals surface area contributed by atoms with Crippen LogP contribution in [0.15, 0.2) is 18.2 Å². The van der Waals surface area contributed by atoms with Gasteiger partial charge in [0.2, 0.25) is 5.91 Å². The van der Waals surface area contributed by atoms with E-state index in [4.69, 9.17) is 10.00 Å². The van der Waals surface area contributed by atoms with Crippen molar-refractivity contribution in [2.24, 2.45) is 5.92 Å². The Morgan fingerprint density at radius 2 is 2.12 bits per heavy atom. The third-order valence-corrected chi connectivity index (χ3v) is 4.02. The molecule has 0 spiro atoms. The number of anilines is 1. The molecule has 1 aliphatic rings. The Labute approximate surface area is 140 Å². The average molecular weight is 333 g/mol. The summed E-state index contributed by atoms with van der Waals surface area (Å²) in [6.45, 7) is 2.96. The van der Waals surface area contributed by atoms with E-state index in [0.29, 0.717) is 31.6 Å². The highest BCUT2D eigenvalue weighted by Gasteiger charge is 2.26. The lowest BCUT2D eigenvalue weighted by Crippen LogP contribution is -2.42. The summed E-state index contributed by atoms with van der Waals surface area (Å²) >= 11 is 0. The number of piperidine rings is 1. The van der Waals surface area contributed by atoms with E-state index in [1.807, 2.05) is 11.0 Å². The Morgan fingerprint density at radius 3 is 2.75 bits per heavy atom. The number of nitrogens with one attached hydrogen (secondary N) is 1. The van der Waals surface area contributed by atoms with Crippen LogP contribution < -0.4 is 10.2 Å². The van der Waals surface area contributed by atoms with E-state index in [0.717, 1.165) is 0 Å². The summed E-state index contributed by atoms with van der Waals surface area (Å²) in [6, 6.07) is 6.44. The van der Waals surface area contributed by atoms with Crippen molar-refractivity contribution in [3.05, 3.63) is 29.6 Å². The molecule has 1 aromatic carbocycles. The lowest BCUT2D eigenvalue weighted by atomic mass is 9.95. The number of ether oxygens (including phenoxy) is 1. The molecule has 1 heterocycles. The molecule has 1 amide bonds. The lowest BCUT2D eigenvalue weighted by Gasteiger charge is -2.33. The van der Waals surface area contributed by atoms with Gasteiger partial charge in [0, 0.05) is 19.0 Å². The van der Waals surface area contributed by atoms with Crippen LogP contribution in [0.25, 0.3) is 0 Å². The summed E-state index contributed by atoms with van der Waals surface area (Å²) in [5.74, 6) is -1.37. The first-order valence-corrected chi connectivity index (χ1v) is 7.93. The second-order valence-electron chi connectivity index (χ2n) is 5.53. The van der Waals surface area contributed by atoms with Crippen molar-refractivity contribution >= 4 is 17.6 Å². The van der Waals surface area contributed by atoms with Crippen molar-refractivity contribution in [3.63, 3.8) is 0 Å². The molecule has 1 aromatic rings. The van der Waals surface area contributed by atoms with E-state index in [-0.39, 0.29) is 30.5 Å². The molecule has 1 saturated heterocycles. The number of nitrogens with zero attached hydrogens (tertiary/aromatic N) is 2. The molecule has 1 N–H and O–H groups in total. The van der Waals surface area contributed by atoms with Gasteiger partial charge in [0.05, 0.1) is 12.3 Å². The van der Waals surface area contributed by atoms with E-state index in [2.05, 4.69) is 5.32 Å². The number of nitriles is 1. The van der Waals surface area contributed by atoms with Crippen LogP contribution in [0.3, 0.4) is 0 Å². The van der Waals surface area contributed by atoms with Gasteiger partial charge in [-0.05, 0) is 31.9 Å². The Morgan fingerprint density at radius 1 is 1.42 bits per heavy atom. The highest BCUT2D eigenvalue weighted by molar-refractivity contribution is 5.83. The average Bonchev–Trinajstić information content (AvgIpc) is 2.60. The number of benzene rings is 1. The zero-order valence-corrected chi connectivity index (χ0v) is 13.5. The Bertz CT molecular complexity index is 649. The van der Waals surface area contributed by atoms with Gasteiger partial charge in [-0.3, -0.25) is 9.59 Å². The number of carbonyl (C=O) groups excluding carboxylic acids is 2. The van der Waals surface area contributed by atoms with Crippen molar-refractivity contribution in [2.45, 2.75) is 19.8 Å². The van der Waals surface area contributed by atoms with Crippen molar-refractivity contribution in [2.75, 3.05) is 31.1 Å². The molecule has 1 fully saturated rings.